The minimum absolute atomic E-state index is 0.0309. The molecular weight excluding hydrogens is 509 g/mol. The third-order valence-electron chi connectivity index (χ3n) is 7.58. The molecule has 10 nitrogen and oxygen atoms in total. The first kappa shape index (κ1) is 27.7. The molecule has 0 radical (unpaired) electrons. The number of pyridine rings is 1. The van der Waals surface area contributed by atoms with E-state index in [4.69, 9.17) is 5.73 Å². The van der Waals surface area contributed by atoms with Crippen molar-refractivity contribution in [3.63, 3.8) is 0 Å². The lowest BCUT2D eigenvalue weighted by Gasteiger charge is -2.42. The molecule has 0 unspecified atom stereocenters. The predicted molar refractivity (Wildman–Crippen MR) is 157 cm³/mol. The van der Waals surface area contributed by atoms with Gasteiger partial charge in [0.2, 0.25) is 0 Å². The van der Waals surface area contributed by atoms with Crippen molar-refractivity contribution in [1.82, 2.24) is 24.8 Å². The summed E-state index contributed by atoms with van der Waals surface area (Å²) in [6, 6.07) is 9.20. The average molecular weight is 548 g/mol. The summed E-state index contributed by atoms with van der Waals surface area (Å²) < 4.78 is 15.4. The number of carbonyl (C=O) groups is 1. The van der Waals surface area contributed by atoms with E-state index in [1.807, 2.05) is 13.8 Å². The molecule has 2 aliphatic heterocycles. The lowest BCUT2D eigenvalue weighted by Crippen LogP contribution is -2.52. The van der Waals surface area contributed by atoms with Crippen LogP contribution in [0.3, 0.4) is 0 Å². The average Bonchev–Trinajstić information content (AvgIpc) is 2.94. The Kier molecular flexibility index (Phi) is 8.41. The molecule has 2 aliphatic rings. The fraction of sp³-hybridized carbons (Fsp3) is 0.448. The van der Waals surface area contributed by atoms with Gasteiger partial charge in [0, 0.05) is 75.0 Å². The first-order valence-electron chi connectivity index (χ1n) is 13.9. The van der Waals surface area contributed by atoms with Crippen LogP contribution in [-0.2, 0) is 0 Å². The van der Waals surface area contributed by atoms with E-state index < -0.39 is 5.91 Å². The highest BCUT2D eigenvalue weighted by molar-refractivity contribution is 5.97. The van der Waals surface area contributed by atoms with Gasteiger partial charge in [-0.2, -0.15) is 0 Å². The quantitative estimate of drug-likeness (QED) is 0.389. The number of aromatic nitrogens is 3. The maximum atomic E-state index is 15.4. The summed E-state index contributed by atoms with van der Waals surface area (Å²) in [5.74, 6) is -0.421. The fourth-order valence-electron chi connectivity index (χ4n) is 5.42. The van der Waals surface area contributed by atoms with E-state index in [-0.39, 0.29) is 23.4 Å². The molecule has 11 heteroatoms. The highest BCUT2D eigenvalue weighted by Crippen LogP contribution is 2.31. The summed E-state index contributed by atoms with van der Waals surface area (Å²) in [6.07, 6.45) is 5.34. The van der Waals surface area contributed by atoms with Crippen LogP contribution in [0.15, 0.2) is 42.7 Å². The Morgan fingerprint density at radius 1 is 1.00 bits per heavy atom. The molecule has 1 aromatic carbocycles. The number of anilines is 4. The number of primary amides is 1. The van der Waals surface area contributed by atoms with E-state index in [2.05, 4.69) is 47.3 Å². The van der Waals surface area contributed by atoms with Crippen molar-refractivity contribution >= 4 is 28.9 Å². The van der Waals surface area contributed by atoms with Gasteiger partial charge in [-0.05, 0) is 64.1 Å². The summed E-state index contributed by atoms with van der Waals surface area (Å²) in [6.45, 7) is 10.0. The van der Waals surface area contributed by atoms with Gasteiger partial charge in [0.05, 0.1) is 5.69 Å². The van der Waals surface area contributed by atoms with Gasteiger partial charge in [0.1, 0.15) is 11.5 Å². The molecule has 4 heterocycles. The molecule has 0 aliphatic carbocycles. The molecule has 2 aromatic heterocycles. The van der Waals surface area contributed by atoms with Gasteiger partial charge < -0.3 is 26.2 Å². The largest absolute Gasteiger partial charge is 0.369 e. The Labute approximate surface area is 234 Å². The van der Waals surface area contributed by atoms with Crippen LogP contribution >= 0.6 is 0 Å². The van der Waals surface area contributed by atoms with Crippen LogP contribution in [0.1, 0.15) is 37.2 Å². The highest BCUT2D eigenvalue weighted by Gasteiger charge is 2.28. The molecule has 4 N–H and O–H groups in total. The van der Waals surface area contributed by atoms with E-state index in [1.54, 1.807) is 36.7 Å². The van der Waals surface area contributed by atoms with Crippen LogP contribution in [0.25, 0.3) is 11.3 Å². The Morgan fingerprint density at radius 2 is 1.70 bits per heavy atom. The maximum Gasteiger partial charge on any atom is 0.271 e. The molecule has 0 bridgehead atoms. The molecule has 1 amide bonds. The molecule has 2 saturated heterocycles. The van der Waals surface area contributed by atoms with Crippen molar-refractivity contribution < 1.29 is 9.18 Å². The second-order valence-electron chi connectivity index (χ2n) is 10.9. The third kappa shape index (κ3) is 6.31. The van der Waals surface area contributed by atoms with Gasteiger partial charge in [0.15, 0.2) is 17.3 Å². The number of nitrogens with zero attached hydrogens (tertiary/aromatic N) is 6. The first-order chi connectivity index (χ1) is 19.3. The number of carbonyl (C=O) groups excluding carboxylic acids is 1. The normalized spacial score (nSPS) is 17.3. The number of benzene rings is 1. The Balaban J connectivity index is 1.34. The minimum Gasteiger partial charge on any atom is -0.369 e. The minimum atomic E-state index is -0.735. The summed E-state index contributed by atoms with van der Waals surface area (Å²) >= 11 is 0. The summed E-state index contributed by atoms with van der Waals surface area (Å²) in [4.78, 5) is 32.7. The van der Waals surface area contributed by atoms with Gasteiger partial charge in [-0.25, -0.2) is 14.4 Å². The topological polar surface area (TPSA) is 116 Å². The van der Waals surface area contributed by atoms with Crippen LogP contribution in [0.4, 0.5) is 27.4 Å². The Bertz CT molecular complexity index is 1320. The summed E-state index contributed by atoms with van der Waals surface area (Å²) in [5, 5.41) is 6.36. The highest BCUT2D eigenvalue weighted by atomic mass is 19.1. The van der Waals surface area contributed by atoms with Gasteiger partial charge in [-0.1, -0.05) is 0 Å². The number of amides is 1. The summed E-state index contributed by atoms with van der Waals surface area (Å²) in [5.41, 5.74) is 7.92. The van der Waals surface area contributed by atoms with Crippen LogP contribution < -0.4 is 21.3 Å². The Hall–Kier alpha value is -3.83. The summed E-state index contributed by atoms with van der Waals surface area (Å²) in [7, 11) is 2.17. The van der Waals surface area contributed by atoms with Crippen LogP contribution in [0, 0.1) is 5.82 Å². The van der Waals surface area contributed by atoms with Crippen molar-refractivity contribution in [1.29, 1.82) is 0 Å². The molecule has 5 rings (SSSR count). The van der Waals surface area contributed by atoms with Gasteiger partial charge in [0.25, 0.3) is 5.91 Å². The number of rotatable bonds is 8. The zero-order valence-electron chi connectivity index (χ0n) is 23.4. The van der Waals surface area contributed by atoms with Crippen molar-refractivity contribution in [2.45, 2.75) is 38.8 Å². The zero-order valence-corrected chi connectivity index (χ0v) is 23.4. The van der Waals surface area contributed by atoms with E-state index in [0.29, 0.717) is 28.9 Å². The van der Waals surface area contributed by atoms with E-state index >= 15 is 4.39 Å². The predicted octanol–water partition coefficient (Wildman–Crippen LogP) is 3.56. The molecule has 40 heavy (non-hydrogen) atoms. The number of nitrogens with two attached hydrogens (primary N) is 1. The molecule has 0 spiro atoms. The number of piperidine rings is 1. The van der Waals surface area contributed by atoms with Gasteiger partial charge >= 0.3 is 0 Å². The first-order valence-corrected chi connectivity index (χ1v) is 13.9. The fourth-order valence-corrected chi connectivity index (χ4v) is 5.42. The van der Waals surface area contributed by atoms with E-state index in [9.17, 15) is 4.79 Å². The van der Waals surface area contributed by atoms with E-state index in [1.165, 1.54) is 6.07 Å². The monoisotopic (exact) mass is 547 g/mol. The molecule has 3 aromatic rings. The smallest absolute Gasteiger partial charge is 0.271 e. The lowest BCUT2D eigenvalue weighted by molar-refractivity contribution is 0.0981. The van der Waals surface area contributed by atoms with Crippen LogP contribution in [-0.4, -0.2) is 89.1 Å². The van der Waals surface area contributed by atoms with Crippen molar-refractivity contribution in [2.24, 2.45) is 5.73 Å². The number of nitrogens with one attached hydrogen (secondary N) is 2. The number of halogens is 1. The number of hydrogen-bond donors (Lipinski definition) is 3. The second kappa shape index (κ2) is 12.1. The molecule has 0 saturated carbocycles. The number of piperazine rings is 1. The van der Waals surface area contributed by atoms with Crippen LogP contribution in [0.5, 0.6) is 0 Å². The molecular formula is C29H38FN9O. The zero-order chi connectivity index (χ0) is 28.2. The SMILES string of the molecule is CC(C)Nc1nc(Nc2ccc(N3CCC(N4CCN(C)CC4)CC3)c(F)c2)c(C(N)=O)nc1-c1ccncc1. The lowest BCUT2D eigenvalue weighted by atomic mass is 10.0. The third-order valence-corrected chi connectivity index (χ3v) is 7.58. The van der Waals surface area contributed by atoms with E-state index in [0.717, 1.165) is 57.7 Å². The van der Waals surface area contributed by atoms with Crippen molar-refractivity contribution in [3.05, 3.63) is 54.2 Å². The Morgan fingerprint density at radius 3 is 2.33 bits per heavy atom. The second-order valence-corrected chi connectivity index (χ2v) is 10.9. The molecule has 212 valence electrons. The van der Waals surface area contributed by atoms with Crippen LogP contribution in [0.2, 0.25) is 0 Å². The van der Waals surface area contributed by atoms with Crippen molar-refractivity contribution in [3.8, 4) is 11.3 Å². The van der Waals surface area contributed by atoms with Gasteiger partial charge in [-0.3, -0.25) is 14.7 Å². The molecule has 2 fully saturated rings. The number of hydrogen-bond acceptors (Lipinski definition) is 9. The van der Waals surface area contributed by atoms with Gasteiger partial charge in [-0.15, -0.1) is 0 Å². The molecule has 0 atom stereocenters. The standard InChI is InChI=1S/C29H38FN9O/c1-19(2)33-28-25(20-6-10-32-11-7-20)35-26(27(31)40)29(36-28)34-21-4-5-24(23(30)18-21)39-12-8-22(9-13-39)38-16-14-37(3)15-17-38/h4-7,10-11,18-19,22H,8-9,12-17H2,1-3H3,(H2,31,40)(H2,33,34,36). The number of likely N-dealkylation sites (N-methyl/N-ethyl adjacent to an activating group) is 1. The maximum absolute atomic E-state index is 15.4. The van der Waals surface area contributed by atoms with Crippen molar-refractivity contribution in [2.75, 3.05) is 61.8 Å².